The molecule has 0 aliphatic heterocycles. The molecule has 0 bridgehead atoms. The van der Waals surface area contributed by atoms with E-state index >= 15 is 0 Å². The average Bonchev–Trinajstić information content (AvgIpc) is 2.90. The highest BCUT2D eigenvalue weighted by atomic mass is 32.2. The van der Waals surface area contributed by atoms with Gasteiger partial charge in [-0.15, -0.1) is 0 Å². The zero-order valence-electron chi connectivity index (χ0n) is 11.7. The van der Waals surface area contributed by atoms with Crippen LogP contribution < -0.4 is 10.1 Å². The topological polar surface area (TPSA) is 59.9 Å². The number of hydrogen-bond acceptors (Lipinski definition) is 6. The summed E-state index contributed by atoms with van der Waals surface area (Å²) in [6.07, 6.45) is 5.43. The molecular formula is C13H22N4OS. The molecule has 19 heavy (non-hydrogen) atoms. The molecule has 106 valence electrons. The smallest absolute Gasteiger partial charge is 0.322 e. The molecule has 1 fully saturated rings. The van der Waals surface area contributed by atoms with Crippen molar-refractivity contribution in [1.29, 1.82) is 0 Å². The van der Waals surface area contributed by atoms with Gasteiger partial charge < -0.3 is 10.1 Å². The summed E-state index contributed by atoms with van der Waals surface area (Å²) in [6.45, 7) is 5.32. The van der Waals surface area contributed by atoms with Crippen molar-refractivity contribution in [3.8, 4) is 6.01 Å². The van der Waals surface area contributed by atoms with E-state index in [4.69, 9.17) is 4.74 Å². The zero-order valence-corrected chi connectivity index (χ0v) is 12.5. The van der Waals surface area contributed by atoms with E-state index in [0.29, 0.717) is 18.6 Å². The van der Waals surface area contributed by atoms with Crippen molar-refractivity contribution in [2.75, 3.05) is 24.2 Å². The van der Waals surface area contributed by atoms with Crippen molar-refractivity contribution in [2.24, 2.45) is 5.92 Å². The van der Waals surface area contributed by atoms with Crippen molar-refractivity contribution >= 4 is 17.7 Å². The summed E-state index contributed by atoms with van der Waals surface area (Å²) in [5.41, 5.74) is 0. The van der Waals surface area contributed by atoms with Crippen molar-refractivity contribution in [3.05, 3.63) is 0 Å². The molecule has 1 aromatic rings. The van der Waals surface area contributed by atoms with E-state index in [1.54, 1.807) is 11.8 Å². The number of anilines is 1. The number of nitrogens with zero attached hydrogens (tertiary/aromatic N) is 3. The minimum absolute atomic E-state index is 0.419. The van der Waals surface area contributed by atoms with E-state index < -0.39 is 0 Å². The predicted octanol–water partition coefficient (Wildman–Crippen LogP) is 2.98. The van der Waals surface area contributed by atoms with Crippen LogP contribution in [0.3, 0.4) is 0 Å². The Morgan fingerprint density at radius 2 is 2.00 bits per heavy atom. The highest BCUT2D eigenvalue weighted by molar-refractivity contribution is 7.99. The van der Waals surface area contributed by atoms with Gasteiger partial charge in [-0.05, 0) is 32.6 Å². The van der Waals surface area contributed by atoms with Crippen LogP contribution in [0.2, 0.25) is 0 Å². The van der Waals surface area contributed by atoms with E-state index in [-0.39, 0.29) is 0 Å². The third-order valence-electron chi connectivity index (χ3n) is 3.13. The molecule has 0 radical (unpaired) electrons. The van der Waals surface area contributed by atoms with Crippen LogP contribution >= 0.6 is 11.8 Å². The first-order chi connectivity index (χ1) is 9.31. The van der Waals surface area contributed by atoms with Gasteiger partial charge in [-0.25, -0.2) is 0 Å². The second-order valence-electron chi connectivity index (χ2n) is 4.65. The molecule has 1 saturated carbocycles. The first-order valence-electron chi connectivity index (χ1n) is 7.07. The lowest BCUT2D eigenvalue weighted by Crippen LogP contribution is -2.08. The molecule has 0 saturated heterocycles. The molecular weight excluding hydrogens is 260 g/mol. The summed E-state index contributed by atoms with van der Waals surface area (Å²) in [7, 11) is 0. The fourth-order valence-electron chi connectivity index (χ4n) is 2.20. The first kappa shape index (κ1) is 14.4. The maximum absolute atomic E-state index is 5.39. The van der Waals surface area contributed by atoms with Gasteiger partial charge in [0.25, 0.3) is 0 Å². The lowest BCUT2D eigenvalue weighted by molar-refractivity contribution is 0.308. The summed E-state index contributed by atoms with van der Waals surface area (Å²) in [4.78, 5) is 13.0. The molecule has 0 unspecified atom stereocenters. The lowest BCUT2D eigenvalue weighted by atomic mass is 10.1. The van der Waals surface area contributed by atoms with Crippen molar-refractivity contribution in [1.82, 2.24) is 15.0 Å². The third-order valence-corrected chi connectivity index (χ3v) is 4.20. The molecule has 5 nitrogen and oxygen atoms in total. The number of nitrogens with one attached hydrogen (secondary N) is 1. The lowest BCUT2D eigenvalue weighted by Gasteiger charge is -2.09. The van der Waals surface area contributed by atoms with E-state index in [1.807, 2.05) is 13.8 Å². The van der Waals surface area contributed by atoms with Gasteiger partial charge in [-0.2, -0.15) is 15.0 Å². The highest BCUT2D eigenvalue weighted by Gasteiger charge is 2.16. The molecule has 1 N–H and O–H groups in total. The highest BCUT2D eigenvalue weighted by Crippen LogP contribution is 2.30. The van der Waals surface area contributed by atoms with E-state index in [2.05, 4.69) is 20.3 Å². The first-order valence-corrected chi connectivity index (χ1v) is 8.06. The van der Waals surface area contributed by atoms with Crippen molar-refractivity contribution in [2.45, 2.75) is 44.7 Å². The minimum Gasteiger partial charge on any atom is -0.464 e. The van der Waals surface area contributed by atoms with Gasteiger partial charge >= 0.3 is 6.01 Å². The Morgan fingerprint density at radius 1 is 1.21 bits per heavy atom. The van der Waals surface area contributed by atoms with Gasteiger partial charge in [0.2, 0.25) is 5.95 Å². The molecule has 0 atom stereocenters. The monoisotopic (exact) mass is 282 g/mol. The van der Waals surface area contributed by atoms with Crippen molar-refractivity contribution in [3.63, 3.8) is 0 Å². The Kier molecular flexibility index (Phi) is 5.69. The number of hydrogen-bond donors (Lipinski definition) is 1. The average molecular weight is 282 g/mol. The zero-order chi connectivity index (χ0) is 13.5. The van der Waals surface area contributed by atoms with Crippen LogP contribution in [0.5, 0.6) is 6.01 Å². The van der Waals surface area contributed by atoms with E-state index in [9.17, 15) is 0 Å². The Labute approximate surface area is 119 Å². The molecule has 6 heteroatoms. The van der Waals surface area contributed by atoms with Gasteiger partial charge in [0.15, 0.2) is 5.16 Å². The SMILES string of the molecule is CCNc1nc(OCC)nc(SCC2CCCC2)n1. The van der Waals surface area contributed by atoms with Gasteiger partial charge in [0, 0.05) is 12.3 Å². The van der Waals surface area contributed by atoms with Crippen LogP contribution in [-0.2, 0) is 0 Å². The maximum atomic E-state index is 5.39. The van der Waals surface area contributed by atoms with Gasteiger partial charge in [0.1, 0.15) is 0 Å². The summed E-state index contributed by atoms with van der Waals surface area (Å²) >= 11 is 1.72. The minimum atomic E-state index is 0.419. The largest absolute Gasteiger partial charge is 0.464 e. The molecule has 1 aromatic heterocycles. The summed E-state index contributed by atoms with van der Waals surface area (Å²) in [6, 6.07) is 0.419. The van der Waals surface area contributed by atoms with Crippen LogP contribution in [0.15, 0.2) is 5.16 Å². The number of aromatic nitrogens is 3. The number of thioether (sulfide) groups is 1. The quantitative estimate of drug-likeness (QED) is 0.776. The molecule has 0 spiro atoms. The fourth-order valence-corrected chi connectivity index (χ4v) is 3.21. The van der Waals surface area contributed by atoms with Crippen molar-refractivity contribution < 1.29 is 4.74 Å². The van der Waals surface area contributed by atoms with E-state index in [1.165, 1.54) is 25.7 Å². The van der Waals surface area contributed by atoms with Crippen LogP contribution in [-0.4, -0.2) is 33.9 Å². The molecule has 2 rings (SSSR count). The fraction of sp³-hybridized carbons (Fsp3) is 0.769. The number of ether oxygens (including phenoxy) is 1. The molecule has 0 amide bonds. The third kappa shape index (κ3) is 4.53. The van der Waals surface area contributed by atoms with Gasteiger partial charge in [-0.1, -0.05) is 24.6 Å². The molecule has 0 aromatic carbocycles. The van der Waals surface area contributed by atoms with Gasteiger partial charge in [-0.3, -0.25) is 0 Å². The standard InChI is InChI=1S/C13H22N4OS/c1-3-14-11-15-12(18-4-2)17-13(16-11)19-9-10-7-5-6-8-10/h10H,3-9H2,1-2H3,(H,14,15,16,17). The normalized spacial score (nSPS) is 15.7. The Balaban J connectivity index is 1.99. The summed E-state index contributed by atoms with van der Waals surface area (Å²) in [5.74, 6) is 2.52. The second-order valence-corrected chi connectivity index (χ2v) is 5.64. The second kappa shape index (κ2) is 7.53. The Bertz CT molecular complexity index is 372. The van der Waals surface area contributed by atoms with Crippen LogP contribution in [0, 0.1) is 5.92 Å². The molecule has 1 heterocycles. The van der Waals surface area contributed by atoms with Gasteiger partial charge in [0.05, 0.1) is 6.61 Å². The van der Waals surface area contributed by atoms with Crippen LogP contribution in [0.4, 0.5) is 5.95 Å². The summed E-state index contributed by atoms with van der Waals surface area (Å²) < 4.78 is 5.39. The Morgan fingerprint density at radius 3 is 2.68 bits per heavy atom. The van der Waals surface area contributed by atoms with E-state index in [0.717, 1.165) is 23.4 Å². The number of rotatable bonds is 7. The maximum Gasteiger partial charge on any atom is 0.322 e. The molecule has 1 aliphatic carbocycles. The molecule has 1 aliphatic rings. The van der Waals surface area contributed by atoms with Crippen LogP contribution in [0.1, 0.15) is 39.5 Å². The Hall–Kier alpha value is -1.04. The summed E-state index contributed by atoms with van der Waals surface area (Å²) in [5, 5.41) is 3.88. The predicted molar refractivity (Wildman–Crippen MR) is 77.8 cm³/mol. The van der Waals surface area contributed by atoms with Crippen LogP contribution in [0.25, 0.3) is 0 Å².